The number of hydrogen-bond donors (Lipinski definition) is 0. The van der Waals surface area contributed by atoms with Crippen molar-refractivity contribution in [3.8, 4) is 0 Å². The van der Waals surface area contributed by atoms with Crippen molar-refractivity contribution in [1.82, 2.24) is 0 Å². The fourth-order valence-corrected chi connectivity index (χ4v) is 2.77. The second kappa shape index (κ2) is 9.49. The Labute approximate surface area is 96.8 Å². The highest BCUT2D eigenvalue weighted by Crippen LogP contribution is 2.14. The minimum absolute atomic E-state index is 0. The summed E-state index contributed by atoms with van der Waals surface area (Å²) in [5, 5.41) is 0. The van der Waals surface area contributed by atoms with E-state index in [1.807, 2.05) is 0 Å². The van der Waals surface area contributed by atoms with Crippen molar-refractivity contribution in [1.29, 1.82) is 0 Å². The van der Waals surface area contributed by atoms with Crippen LogP contribution < -0.4 is 0 Å². The van der Waals surface area contributed by atoms with E-state index >= 15 is 0 Å². The third-order valence-electron chi connectivity index (χ3n) is 1.97. The summed E-state index contributed by atoms with van der Waals surface area (Å²) >= 11 is 0. The van der Waals surface area contributed by atoms with Gasteiger partial charge in [0.2, 0.25) is 0 Å². The largest absolute Gasteiger partial charge is 0.500 e. The van der Waals surface area contributed by atoms with Gasteiger partial charge in [-0.05, 0) is 6.42 Å². The molecule has 0 spiro atoms. The van der Waals surface area contributed by atoms with Gasteiger partial charge in [-0.25, -0.2) is 4.79 Å². The summed E-state index contributed by atoms with van der Waals surface area (Å²) < 4.78 is 20.4. The number of rotatable bonds is 8. The lowest BCUT2D eigenvalue weighted by Gasteiger charge is -2.23. The zero-order valence-electron chi connectivity index (χ0n) is 9.95. The SMILES string of the molecule is C=CC(=O)OCCC[Si](OC)(OC)OC.O. The topological polar surface area (TPSA) is 85.5 Å². The van der Waals surface area contributed by atoms with E-state index in [4.69, 9.17) is 18.0 Å². The van der Waals surface area contributed by atoms with Gasteiger partial charge in [-0.3, -0.25) is 0 Å². The molecule has 0 bridgehead atoms. The normalized spacial score (nSPS) is 10.4. The first-order chi connectivity index (χ1) is 7.14. The summed E-state index contributed by atoms with van der Waals surface area (Å²) in [6.45, 7) is 3.61. The number of carbonyl (C=O) groups is 1. The first kappa shape index (κ1) is 17.7. The lowest BCUT2D eigenvalue weighted by molar-refractivity contribution is -0.137. The fraction of sp³-hybridized carbons (Fsp3) is 0.667. The van der Waals surface area contributed by atoms with Crippen LogP contribution in [0.15, 0.2) is 12.7 Å². The van der Waals surface area contributed by atoms with Crippen LogP contribution in [0.3, 0.4) is 0 Å². The van der Waals surface area contributed by atoms with E-state index < -0.39 is 14.8 Å². The highest BCUT2D eigenvalue weighted by atomic mass is 28.4. The van der Waals surface area contributed by atoms with E-state index in [-0.39, 0.29) is 5.48 Å². The molecular weight excluding hydrogens is 232 g/mol. The average molecular weight is 252 g/mol. The molecular formula is C9H20O6Si. The Kier molecular flexibility index (Phi) is 10.5. The predicted molar refractivity (Wildman–Crippen MR) is 61.0 cm³/mol. The summed E-state index contributed by atoms with van der Waals surface area (Å²) in [7, 11) is 2.13. The van der Waals surface area contributed by atoms with Gasteiger partial charge in [-0.1, -0.05) is 6.58 Å². The lowest BCUT2D eigenvalue weighted by Crippen LogP contribution is -2.42. The molecule has 0 heterocycles. The van der Waals surface area contributed by atoms with Crippen molar-refractivity contribution < 1.29 is 28.3 Å². The van der Waals surface area contributed by atoms with Gasteiger partial charge in [0.05, 0.1) is 6.61 Å². The number of ether oxygens (including phenoxy) is 1. The standard InChI is InChI=1S/C9H18O5Si.H2O/c1-5-9(10)14-7-6-8-15(11-2,12-3)13-4;/h5H,1,6-8H2,2-4H3;1H2. The molecule has 2 N–H and O–H groups in total. The van der Waals surface area contributed by atoms with Gasteiger partial charge in [0, 0.05) is 33.4 Å². The van der Waals surface area contributed by atoms with E-state index in [1.54, 1.807) is 21.3 Å². The van der Waals surface area contributed by atoms with Crippen molar-refractivity contribution >= 4 is 14.8 Å². The van der Waals surface area contributed by atoms with Crippen LogP contribution in [0.1, 0.15) is 6.42 Å². The molecule has 0 radical (unpaired) electrons. The minimum Gasteiger partial charge on any atom is -0.463 e. The van der Waals surface area contributed by atoms with Crippen LogP contribution in [0.25, 0.3) is 0 Å². The highest BCUT2D eigenvalue weighted by molar-refractivity contribution is 6.60. The molecule has 0 atom stereocenters. The van der Waals surface area contributed by atoms with Crippen LogP contribution >= 0.6 is 0 Å². The fourth-order valence-electron chi connectivity index (χ4n) is 1.08. The molecule has 0 unspecified atom stereocenters. The van der Waals surface area contributed by atoms with Crippen LogP contribution in [0.4, 0.5) is 0 Å². The first-order valence-electron chi connectivity index (χ1n) is 4.58. The average Bonchev–Trinajstić information content (AvgIpc) is 2.30. The Morgan fingerprint density at radius 1 is 1.25 bits per heavy atom. The monoisotopic (exact) mass is 252 g/mol. The molecule has 0 aromatic heterocycles. The van der Waals surface area contributed by atoms with Gasteiger partial charge in [-0.15, -0.1) is 0 Å². The molecule has 7 heteroatoms. The molecule has 0 fully saturated rings. The predicted octanol–water partition coefficient (Wildman–Crippen LogP) is 0.159. The zero-order valence-corrected chi connectivity index (χ0v) is 10.9. The molecule has 0 saturated heterocycles. The second-order valence-electron chi connectivity index (χ2n) is 2.77. The maximum atomic E-state index is 10.7. The molecule has 96 valence electrons. The number of hydrogen-bond acceptors (Lipinski definition) is 5. The Balaban J connectivity index is 0. The summed E-state index contributed by atoms with van der Waals surface area (Å²) in [4.78, 5) is 10.7. The van der Waals surface area contributed by atoms with Crippen molar-refractivity contribution in [2.45, 2.75) is 12.5 Å². The molecule has 0 aliphatic rings. The number of carbonyl (C=O) groups excluding carboxylic acids is 1. The Hall–Kier alpha value is -0.733. The lowest BCUT2D eigenvalue weighted by atomic mass is 10.5. The maximum Gasteiger partial charge on any atom is 0.500 e. The zero-order chi connectivity index (χ0) is 11.7. The third-order valence-corrected chi connectivity index (χ3v) is 4.80. The number of esters is 1. The quantitative estimate of drug-likeness (QED) is 0.266. The third kappa shape index (κ3) is 5.98. The minimum atomic E-state index is -2.52. The Bertz CT molecular complexity index is 196. The van der Waals surface area contributed by atoms with E-state index in [0.717, 1.165) is 6.08 Å². The summed E-state index contributed by atoms with van der Waals surface area (Å²) in [6, 6.07) is 0.612. The first-order valence-corrected chi connectivity index (χ1v) is 6.52. The molecule has 0 rings (SSSR count). The van der Waals surface area contributed by atoms with Crippen molar-refractivity contribution in [2.75, 3.05) is 27.9 Å². The molecule has 0 aliphatic carbocycles. The van der Waals surface area contributed by atoms with Gasteiger partial charge >= 0.3 is 14.8 Å². The van der Waals surface area contributed by atoms with Crippen molar-refractivity contribution in [2.24, 2.45) is 0 Å². The molecule has 0 aliphatic heterocycles. The van der Waals surface area contributed by atoms with Gasteiger partial charge in [0.1, 0.15) is 0 Å². The van der Waals surface area contributed by atoms with Crippen molar-refractivity contribution in [3.05, 3.63) is 12.7 Å². The molecule has 0 aromatic rings. The summed E-state index contributed by atoms with van der Waals surface area (Å²) in [5.74, 6) is -0.422. The van der Waals surface area contributed by atoms with Gasteiger partial charge in [0.25, 0.3) is 0 Å². The highest BCUT2D eigenvalue weighted by Gasteiger charge is 2.36. The second-order valence-corrected chi connectivity index (χ2v) is 5.86. The van der Waals surface area contributed by atoms with Gasteiger partial charge in [0.15, 0.2) is 0 Å². The Morgan fingerprint density at radius 2 is 1.75 bits per heavy atom. The maximum absolute atomic E-state index is 10.7. The van der Waals surface area contributed by atoms with E-state index in [0.29, 0.717) is 19.1 Å². The van der Waals surface area contributed by atoms with E-state index in [2.05, 4.69) is 6.58 Å². The molecule has 0 aromatic carbocycles. The van der Waals surface area contributed by atoms with Gasteiger partial charge < -0.3 is 23.5 Å². The molecule has 0 saturated carbocycles. The van der Waals surface area contributed by atoms with E-state index in [9.17, 15) is 4.79 Å². The molecule has 0 amide bonds. The smallest absolute Gasteiger partial charge is 0.463 e. The molecule has 6 nitrogen and oxygen atoms in total. The van der Waals surface area contributed by atoms with Gasteiger partial charge in [-0.2, -0.15) is 0 Å². The van der Waals surface area contributed by atoms with Crippen molar-refractivity contribution in [3.63, 3.8) is 0 Å². The van der Waals surface area contributed by atoms with Crippen LogP contribution in [-0.4, -0.2) is 48.2 Å². The summed E-state index contributed by atoms with van der Waals surface area (Å²) in [5.41, 5.74) is 0. The van der Waals surface area contributed by atoms with Crippen LogP contribution in [0, 0.1) is 0 Å². The summed E-state index contributed by atoms with van der Waals surface area (Å²) in [6.07, 6.45) is 1.77. The van der Waals surface area contributed by atoms with Crippen LogP contribution in [0.5, 0.6) is 0 Å². The van der Waals surface area contributed by atoms with E-state index in [1.165, 1.54) is 0 Å². The van der Waals surface area contributed by atoms with Crippen LogP contribution in [-0.2, 0) is 22.8 Å². The Morgan fingerprint density at radius 3 is 2.12 bits per heavy atom. The molecule has 16 heavy (non-hydrogen) atoms. The van der Waals surface area contributed by atoms with Crippen LogP contribution in [0.2, 0.25) is 6.04 Å².